The highest BCUT2D eigenvalue weighted by Crippen LogP contribution is 2.36. The highest BCUT2D eigenvalue weighted by molar-refractivity contribution is 5.99. The monoisotopic (exact) mass is 570 g/mol. The summed E-state index contributed by atoms with van der Waals surface area (Å²) in [4.78, 5) is 59.8. The summed E-state index contributed by atoms with van der Waals surface area (Å²) >= 11 is 0. The molecule has 0 aromatic heterocycles. The Labute approximate surface area is 250 Å². The van der Waals surface area contributed by atoms with Crippen LogP contribution in [0.2, 0.25) is 0 Å². The summed E-state index contributed by atoms with van der Waals surface area (Å²) in [6.07, 6.45) is 16.6. The minimum absolute atomic E-state index is 0.0137. The van der Waals surface area contributed by atoms with Crippen LogP contribution in [0.1, 0.15) is 139 Å². The van der Waals surface area contributed by atoms with E-state index >= 15 is 0 Å². The first-order chi connectivity index (χ1) is 19.2. The fourth-order valence-corrected chi connectivity index (χ4v) is 6.70. The minimum Gasteiger partial charge on any atom is -0.300 e. The predicted molar refractivity (Wildman–Crippen MR) is 168 cm³/mol. The summed E-state index contributed by atoms with van der Waals surface area (Å²) in [6.45, 7) is 15.5. The van der Waals surface area contributed by atoms with Gasteiger partial charge in [-0.2, -0.15) is 0 Å². The van der Waals surface area contributed by atoms with E-state index in [9.17, 15) is 24.0 Å². The van der Waals surface area contributed by atoms with E-state index in [4.69, 9.17) is 0 Å². The number of hydrogen-bond acceptors (Lipinski definition) is 5. The van der Waals surface area contributed by atoms with Crippen molar-refractivity contribution < 1.29 is 24.0 Å². The Morgan fingerprint density at radius 1 is 1.00 bits per heavy atom. The number of carbonyl (C=O) groups excluding carboxylic acids is 5. The molecule has 41 heavy (non-hydrogen) atoms. The Morgan fingerprint density at radius 2 is 1.66 bits per heavy atom. The third kappa shape index (κ3) is 14.5. The van der Waals surface area contributed by atoms with Gasteiger partial charge in [0.25, 0.3) is 0 Å². The average molecular weight is 571 g/mol. The molecule has 2 aliphatic carbocycles. The Hall–Kier alpha value is -2.17. The molecule has 0 aliphatic heterocycles. The zero-order valence-electron chi connectivity index (χ0n) is 27.4. The molecule has 5 atom stereocenters. The lowest BCUT2D eigenvalue weighted by Gasteiger charge is -2.29. The number of rotatable bonds is 12. The van der Waals surface area contributed by atoms with Crippen molar-refractivity contribution in [1.29, 1.82) is 0 Å². The molecule has 232 valence electrons. The molecule has 1 saturated carbocycles. The summed E-state index contributed by atoms with van der Waals surface area (Å²) in [5.74, 6) is 1.40. The van der Waals surface area contributed by atoms with E-state index in [1.165, 1.54) is 6.92 Å². The number of carbonyl (C=O) groups is 5. The summed E-state index contributed by atoms with van der Waals surface area (Å²) in [5, 5.41) is 0. The lowest BCUT2D eigenvalue weighted by atomic mass is 9.75. The minimum atomic E-state index is -0.0541. The number of ketones is 5. The van der Waals surface area contributed by atoms with Crippen LogP contribution < -0.4 is 0 Å². The molecule has 2 rings (SSSR count). The number of Topliss-reactive ketones (excluding diaryl/α,β-unsaturated/α-hetero) is 5. The first-order valence-electron chi connectivity index (χ1n) is 16.1. The third-order valence-corrected chi connectivity index (χ3v) is 8.55. The van der Waals surface area contributed by atoms with E-state index in [2.05, 4.69) is 39.8 Å². The van der Waals surface area contributed by atoms with Crippen LogP contribution in [-0.4, -0.2) is 28.9 Å². The maximum atomic E-state index is 12.6. The fourth-order valence-electron chi connectivity index (χ4n) is 6.70. The Balaban J connectivity index is 0.000000474. The maximum Gasteiger partial charge on any atom is 0.143 e. The van der Waals surface area contributed by atoms with Crippen molar-refractivity contribution in [3.63, 3.8) is 0 Å². The summed E-state index contributed by atoms with van der Waals surface area (Å²) in [7, 11) is 0. The van der Waals surface area contributed by atoms with E-state index in [0.29, 0.717) is 36.7 Å². The second kappa shape index (κ2) is 18.4. The molecule has 0 aromatic carbocycles. The van der Waals surface area contributed by atoms with E-state index in [0.717, 1.165) is 63.4 Å². The van der Waals surface area contributed by atoms with Gasteiger partial charge in [-0.15, -0.1) is 0 Å². The molecule has 0 heterocycles. The molecule has 0 spiro atoms. The van der Waals surface area contributed by atoms with Crippen molar-refractivity contribution >= 4 is 28.9 Å². The molecule has 0 saturated heterocycles. The summed E-state index contributed by atoms with van der Waals surface area (Å²) in [5.41, 5.74) is 1.15. The van der Waals surface area contributed by atoms with Crippen LogP contribution >= 0.6 is 0 Å². The highest BCUT2D eigenvalue weighted by atomic mass is 16.2. The van der Waals surface area contributed by atoms with Gasteiger partial charge in [-0.05, 0) is 76.5 Å². The van der Waals surface area contributed by atoms with Crippen LogP contribution in [0.4, 0.5) is 0 Å². The van der Waals surface area contributed by atoms with Gasteiger partial charge in [0.05, 0.1) is 6.42 Å². The van der Waals surface area contributed by atoms with E-state index in [-0.39, 0.29) is 52.9 Å². The van der Waals surface area contributed by atoms with Crippen LogP contribution in [0.25, 0.3) is 0 Å². The third-order valence-electron chi connectivity index (χ3n) is 8.55. The van der Waals surface area contributed by atoms with Crippen LogP contribution in [0.15, 0.2) is 23.8 Å². The van der Waals surface area contributed by atoms with Crippen molar-refractivity contribution in [2.24, 2.45) is 35.0 Å². The Bertz CT molecular complexity index is 948. The van der Waals surface area contributed by atoms with Crippen LogP contribution in [-0.2, 0) is 24.0 Å². The van der Waals surface area contributed by atoms with Gasteiger partial charge in [0.1, 0.15) is 28.9 Å². The molecule has 0 amide bonds. The first kappa shape index (κ1) is 36.9. The lowest BCUT2D eigenvalue weighted by molar-refractivity contribution is -0.131. The molecule has 0 radical (unpaired) electrons. The van der Waals surface area contributed by atoms with Gasteiger partial charge < -0.3 is 0 Å². The van der Waals surface area contributed by atoms with Crippen molar-refractivity contribution in [2.75, 3.05) is 0 Å². The molecule has 2 aliphatic rings. The van der Waals surface area contributed by atoms with Gasteiger partial charge in [0.2, 0.25) is 0 Å². The molecule has 1 fully saturated rings. The first-order valence-corrected chi connectivity index (χ1v) is 16.1. The Kier molecular flexibility index (Phi) is 16.5. The zero-order chi connectivity index (χ0) is 31.2. The molecular weight excluding hydrogens is 512 g/mol. The standard InChI is InChI=1S/C23H36O3.C13H22O2/c1-5-10-20(22(6-2)23(26)14-18(4)24)15-19-12-9-7-8-11-17(3)13-21(25)16-19;1-9(14)10-6-5-7-11(10)12(15)8-13(2,3)4/h7-8,11,19-20,22H,5-6,9-10,12-16H2,1-4H3;10-11H,5-8H2,1-4H3/b8-7-,17-11-;. The number of hydrogen-bond donors (Lipinski definition) is 0. The quantitative estimate of drug-likeness (QED) is 0.219. The molecule has 5 heteroatoms. The van der Waals surface area contributed by atoms with Crippen molar-refractivity contribution in [3.05, 3.63) is 23.8 Å². The van der Waals surface area contributed by atoms with Crippen molar-refractivity contribution in [3.8, 4) is 0 Å². The topological polar surface area (TPSA) is 85.3 Å². The van der Waals surface area contributed by atoms with Gasteiger partial charge in [0.15, 0.2) is 0 Å². The van der Waals surface area contributed by atoms with Crippen molar-refractivity contribution in [2.45, 2.75) is 139 Å². The molecule has 0 aromatic rings. The van der Waals surface area contributed by atoms with E-state index < -0.39 is 0 Å². The predicted octanol–water partition coefficient (Wildman–Crippen LogP) is 8.63. The van der Waals surface area contributed by atoms with Crippen LogP contribution in [0.5, 0.6) is 0 Å². The van der Waals surface area contributed by atoms with E-state index in [1.807, 2.05) is 19.9 Å². The summed E-state index contributed by atoms with van der Waals surface area (Å²) < 4.78 is 0. The molecular formula is C36H58O5. The molecule has 5 nitrogen and oxygen atoms in total. The molecule has 5 unspecified atom stereocenters. The maximum absolute atomic E-state index is 12.6. The van der Waals surface area contributed by atoms with Gasteiger partial charge in [-0.3, -0.25) is 24.0 Å². The molecule has 0 N–H and O–H groups in total. The van der Waals surface area contributed by atoms with Gasteiger partial charge in [0, 0.05) is 37.0 Å². The van der Waals surface area contributed by atoms with Crippen LogP contribution in [0.3, 0.4) is 0 Å². The van der Waals surface area contributed by atoms with Gasteiger partial charge in [-0.25, -0.2) is 0 Å². The van der Waals surface area contributed by atoms with Crippen molar-refractivity contribution in [1.82, 2.24) is 0 Å². The second-order valence-electron chi connectivity index (χ2n) is 13.9. The normalized spacial score (nSPS) is 25.1. The smallest absolute Gasteiger partial charge is 0.143 e. The molecule has 0 bridgehead atoms. The zero-order valence-corrected chi connectivity index (χ0v) is 27.4. The summed E-state index contributed by atoms with van der Waals surface area (Å²) in [6, 6.07) is 0. The second-order valence-corrected chi connectivity index (χ2v) is 13.9. The average Bonchev–Trinajstić information content (AvgIpc) is 3.34. The van der Waals surface area contributed by atoms with Gasteiger partial charge in [-0.1, -0.05) is 77.7 Å². The fraction of sp³-hybridized carbons (Fsp3) is 0.750. The SMILES string of the molecule is CC(=O)C1CCCC1C(=O)CC(C)(C)C.CCCC(CC1CC/C=C\C=C(\C)CC(=O)C1)C(CC)C(=O)CC(C)=O. The lowest BCUT2D eigenvalue weighted by Crippen LogP contribution is -2.27. The van der Waals surface area contributed by atoms with Crippen LogP contribution in [0, 0.1) is 35.0 Å². The van der Waals surface area contributed by atoms with E-state index in [1.54, 1.807) is 6.92 Å². The van der Waals surface area contributed by atoms with Gasteiger partial charge >= 0.3 is 0 Å². The highest BCUT2D eigenvalue weighted by Gasteiger charge is 2.36. The largest absolute Gasteiger partial charge is 0.300 e. The Morgan fingerprint density at radius 3 is 2.22 bits per heavy atom. The number of allylic oxidation sites excluding steroid dienone is 4.